The average molecular weight is 380 g/mol. The van der Waals surface area contributed by atoms with Gasteiger partial charge in [0.05, 0.1) is 29.1 Å². The summed E-state index contributed by atoms with van der Waals surface area (Å²) in [4.78, 5) is 24.7. The van der Waals surface area contributed by atoms with E-state index >= 15 is 0 Å². The van der Waals surface area contributed by atoms with Crippen molar-refractivity contribution in [2.45, 2.75) is 77.0 Å². The summed E-state index contributed by atoms with van der Waals surface area (Å²) in [7, 11) is 0. The molecule has 1 aliphatic heterocycles. The molecule has 27 heavy (non-hydrogen) atoms. The van der Waals surface area contributed by atoms with Gasteiger partial charge < -0.3 is 24.8 Å². The number of fused-ring (bicyclic) bond motifs is 2. The highest BCUT2D eigenvalue weighted by Crippen LogP contribution is 2.52. The standard InChI is InChI=1S/C20H28O7/c1-6-9(2)17(22)26-12-8-20(5,25)14-11(21)7-19(4,24)15(14)16-13(12)10(3)18(23)27-16/h6,10-13,16,21,24-25H,7-8H2,1-5H3/b9-6-/t10?,11-,12-,13+,16-,19+,20-/m0/s1. The third kappa shape index (κ3) is 3.11. The lowest BCUT2D eigenvalue weighted by molar-refractivity contribution is -0.151. The molecule has 2 aliphatic carbocycles. The van der Waals surface area contributed by atoms with Crippen LogP contribution in [-0.2, 0) is 19.1 Å². The molecule has 0 aromatic carbocycles. The zero-order valence-corrected chi connectivity index (χ0v) is 16.4. The highest BCUT2D eigenvalue weighted by Gasteiger charge is 2.60. The van der Waals surface area contributed by atoms with E-state index in [1.165, 1.54) is 6.92 Å². The molecule has 1 fully saturated rings. The number of aliphatic hydroxyl groups excluding tert-OH is 1. The van der Waals surface area contributed by atoms with Crippen LogP contribution in [0.3, 0.4) is 0 Å². The van der Waals surface area contributed by atoms with Gasteiger partial charge in [-0.3, -0.25) is 4.79 Å². The van der Waals surface area contributed by atoms with Crippen LogP contribution in [0.1, 0.15) is 47.5 Å². The number of rotatable bonds is 2. The Labute approximate surface area is 158 Å². The number of ether oxygens (including phenoxy) is 2. The lowest BCUT2D eigenvalue weighted by atomic mass is 9.80. The van der Waals surface area contributed by atoms with Crippen molar-refractivity contribution in [2.24, 2.45) is 11.8 Å². The molecule has 3 N–H and O–H groups in total. The first-order valence-electron chi connectivity index (χ1n) is 9.33. The molecule has 0 amide bonds. The van der Waals surface area contributed by atoms with Crippen LogP contribution < -0.4 is 0 Å². The molecule has 3 rings (SSSR count). The molecule has 7 heteroatoms. The molecule has 0 saturated carbocycles. The minimum Gasteiger partial charge on any atom is -0.458 e. The fraction of sp³-hybridized carbons (Fsp3) is 0.700. The van der Waals surface area contributed by atoms with E-state index in [0.717, 1.165) is 0 Å². The third-order valence-corrected chi connectivity index (χ3v) is 6.24. The van der Waals surface area contributed by atoms with Gasteiger partial charge in [0.15, 0.2) is 0 Å². The molecular weight excluding hydrogens is 352 g/mol. The maximum Gasteiger partial charge on any atom is 0.333 e. The normalized spacial score (nSPS) is 44.5. The highest BCUT2D eigenvalue weighted by atomic mass is 16.6. The second-order valence-corrected chi connectivity index (χ2v) is 8.44. The van der Waals surface area contributed by atoms with Crippen molar-refractivity contribution in [2.75, 3.05) is 0 Å². The topological polar surface area (TPSA) is 113 Å². The van der Waals surface area contributed by atoms with Crippen molar-refractivity contribution in [3.8, 4) is 0 Å². The van der Waals surface area contributed by atoms with Crippen molar-refractivity contribution in [3.63, 3.8) is 0 Å². The monoisotopic (exact) mass is 380 g/mol. The molecule has 0 aromatic rings. The summed E-state index contributed by atoms with van der Waals surface area (Å²) < 4.78 is 11.2. The minimum absolute atomic E-state index is 0.00382. The van der Waals surface area contributed by atoms with E-state index in [1.807, 2.05) is 0 Å². The van der Waals surface area contributed by atoms with E-state index in [2.05, 4.69) is 0 Å². The Hall–Kier alpha value is -1.70. The van der Waals surface area contributed by atoms with Crippen molar-refractivity contribution >= 4 is 11.9 Å². The van der Waals surface area contributed by atoms with Crippen molar-refractivity contribution in [1.82, 2.24) is 0 Å². The van der Waals surface area contributed by atoms with Gasteiger partial charge in [0, 0.05) is 24.0 Å². The number of aliphatic hydroxyl groups is 3. The Morgan fingerprint density at radius 2 is 1.81 bits per heavy atom. The molecule has 3 aliphatic rings. The Balaban J connectivity index is 2.10. The van der Waals surface area contributed by atoms with Crippen LogP contribution in [0.5, 0.6) is 0 Å². The second kappa shape index (κ2) is 6.43. The zero-order chi connectivity index (χ0) is 20.3. The van der Waals surface area contributed by atoms with Gasteiger partial charge >= 0.3 is 11.9 Å². The van der Waals surface area contributed by atoms with E-state index in [4.69, 9.17) is 9.47 Å². The summed E-state index contributed by atoms with van der Waals surface area (Å²) in [5, 5.41) is 32.6. The third-order valence-electron chi connectivity index (χ3n) is 6.24. The van der Waals surface area contributed by atoms with Crippen molar-refractivity contribution < 1.29 is 34.4 Å². The fourth-order valence-corrected chi connectivity index (χ4v) is 4.77. The van der Waals surface area contributed by atoms with Gasteiger partial charge in [0.2, 0.25) is 0 Å². The molecular formula is C20H28O7. The summed E-state index contributed by atoms with van der Waals surface area (Å²) in [6, 6.07) is 0. The number of allylic oxidation sites excluding steroid dienone is 1. The van der Waals surface area contributed by atoms with Crippen LogP contribution in [0, 0.1) is 11.8 Å². The van der Waals surface area contributed by atoms with Gasteiger partial charge in [-0.05, 0) is 33.3 Å². The van der Waals surface area contributed by atoms with Crippen LogP contribution in [-0.4, -0.2) is 56.8 Å². The predicted molar refractivity (Wildman–Crippen MR) is 95.4 cm³/mol. The fourth-order valence-electron chi connectivity index (χ4n) is 4.77. The summed E-state index contributed by atoms with van der Waals surface area (Å²) in [6.07, 6.45) is -1.07. The lowest BCUT2D eigenvalue weighted by Crippen LogP contribution is -2.42. The number of esters is 2. The Bertz CT molecular complexity index is 731. The quantitative estimate of drug-likeness (QED) is 0.372. The van der Waals surface area contributed by atoms with Gasteiger partial charge in [-0.25, -0.2) is 4.79 Å². The zero-order valence-electron chi connectivity index (χ0n) is 16.4. The predicted octanol–water partition coefficient (Wildman–Crippen LogP) is 1.01. The highest BCUT2D eigenvalue weighted by molar-refractivity contribution is 5.88. The smallest absolute Gasteiger partial charge is 0.333 e. The molecule has 7 nitrogen and oxygen atoms in total. The maximum atomic E-state index is 12.4. The maximum absolute atomic E-state index is 12.4. The molecule has 0 aromatic heterocycles. The Kier molecular flexibility index (Phi) is 4.77. The molecule has 7 atom stereocenters. The minimum atomic E-state index is -1.51. The summed E-state index contributed by atoms with van der Waals surface area (Å²) in [6.45, 7) is 8.11. The largest absolute Gasteiger partial charge is 0.458 e. The van der Waals surface area contributed by atoms with Crippen molar-refractivity contribution in [1.29, 1.82) is 0 Å². The second-order valence-electron chi connectivity index (χ2n) is 8.44. The first kappa shape index (κ1) is 20.0. The van der Waals surface area contributed by atoms with E-state index in [1.54, 1.807) is 33.8 Å². The lowest BCUT2D eigenvalue weighted by Gasteiger charge is -2.33. The molecule has 150 valence electrons. The number of hydrogen-bond acceptors (Lipinski definition) is 7. The molecule has 0 bridgehead atoms. The van der Waals surface area contributed by atoms with Crippen LogP contribution >= 0.6 is 0 Å². The van der Waals surface area contributed by atoms with Crippen LogP contribution in [0.2, 0.25) is 0 Å². The van der Waals surface area contributed by atoms with Gasteiger partial charge in [0.25, 0.3) is 0 Å². The van der Waals surface area contributed by atoms with Crippen LogP contribution in [0.4, 0.5) is 0 Å². The van der Waals surface area contributed by atoms with E-state index in [9.17, 15) is 24.9 Å². The first-order chi connectivity index (χ1) is 12.4. The average Bonchev–Trinajstić information content (AvgIpc) is 2.93. The Morgan fingerprint density at radius 1 is 1.22 bits per heavy atom. The SMILES string of the molecule is C/C=C(/C)C(=O)O[C@H]1C[C@](C)(O)C2=C([C@H]3OC(=O)C(C)[C@H]13)[C@](C)(O)C[C@@H]2O. The first-order valence-corrected chi connectivity index (χ1v) is 9.33. The van der Waals surface area contributed by atoms with E-state index in [-0.39, 0.29) is 18.4 Å². The van der Waals surface area contributed by atoms with Gasteiger partial charge in [0.1, 0.15) is 12.2 Å². The molecule has 0 radical (unpaired) electrons. The number of carbonyl (C=O) groups is 2. The summed E-state index contributed by atoms with van der Waals surface area (Å²) in [5.41, 5.74) is -1.92. The van der Waals surface area contributed by atoms with Gasteiger partial charge in [-0.15, -0.1) is 0 Å². The van der Waals surface area contributed by atoms with Crippen molar-refractivity contribution in [3.05, 3.63) is 22.8 Å². The van der Waals surface area contributed by atoms with E-state index in [0.29, 0.717) is 11.1 Å². The molecule has 0 spiro atoms. The number of carbonyl (C=O) groups excluding carboxylic acids is 2. The molecule has 1 unspecified atom stereocenters. The molecule has 1 saturated heterocycles. The van der Waals surface area contributed by atoms with E-state index < -0.39 is 53.3 Å². The van der Waals surface area contributed by atoms with Gasteiger partial charge in [-0.1, -0.05) is 13.0 Å². The summed E-state index contributed by atoms with van der Waals surface area (Å²) in [5.74, 6) is -2.10. The number of hydrogen-bond donors (Lipinski definition) is 3. The van der Waals surface area contributed by atoms with Crippen LogP contribution in [0.25, 0.3) is 0 Å². The summed E-state index contributed by atoms with van der Waals surface area (Å²) >= 11 is 0. The molecule has 1 heterocycles. The van der Waals surface area contributed by atoms with Gasteiger partial charge in [-0.2, -0.15) is 0 Å². The Morgan fingerprint density at radius 3 is 2.41 bits per heavy atom. The van der Waals surface area contributed by atoms with Crippen LogP contribution in [0.15, 0.2) is 22.8 Å².